The fraction of sp³-hybridized carbons (Fsp3) is 0.500. The molecule has 0 radical (unpaired) electrons. The highest BCUT2D eigenvalue weighted by Crippen LogP contribution is 2.22. The third-order valence-corrected chi connectivity index (χ3v) is 2.71. The zero-order valence-electron chi connectivity index (χ0n) is 9.40. The van der Waals surface area contributed by atoms with Gasteiger partial charge in [-0.15, -0.1) is 0 Å². The fourth-order valence-electron chi connectivity index (χ4n) is 1.23. The average molecular weight is 246 g/mol. The summed E-state index contributed by atoms with van der Waals surface area (Å²) in [6, 6.07) is 5.72. The molecule has 1 aromatic carbocycles. The highest BCUT2D eigenvalue weighted by molar-refractivity contribution is 6.42. The van der Waals surface area contributed by atoms with Crippen molar-refractivity contribution in [2.45, 2.75) is 27.3 Å². The molecule has 1 N–H and O–H groups in total. The summed E-state index contributed by atoms with van der Waals surface area (Å²) in [6.07, 6.45) is 0. The van der Waals surface area contributed by atoms with Crippen molar-refractivity contribution in [2.24, 2.45) is 5.41 Å². The molecule has 0 heterocycles. The summed E-state index contributed by atoms with van der Waals surface area (Å²) in [4.78, 5) is 0. The second-order valence-corrected chi connectivity index (χ2v) is 5.73. The van der Waals surface area contributed by atoms with Crippen LogP contribution in [0.1, 0.15) is 26.3 Å². The van der Waals surface area contributed by atoms with Crippen LogP contribution in [0.15, 0.2) is 18.2 Å². The fourth-order valence-corrected chi connectivity index (χ4v) is 1.55. The number of benzene rings is 1. The molecule has 0 aliphatic rings. The van der Waals surface area contributed by atoms with E-state index >= 15 is 0 Å². The van der Waals surface area contributed by atoms with Crippen LogP contribution in [0.2, 0.25) is 10.0 Å². The first-order valence-electron chi connectivity index (χ1n) is 5.03. The zero-order chi connectivity index (χ0) is 11.5. The second-order valence-electron chi connectivity index (χ2n) is 4.91. The van der Waals surface area contributed by atoms with E-state index in [0.717, 1.165) is 18.7 Å². The van der Waals surface area contributed by atoms with Crippen LogP contribution in [0.25, 0.3) is 0 Å². The van der Waals surface area contributed by atoms with Crippen LogP contribution in [-0.2, 0) is 6.54 Å². The van der Waals surface area contributed by atoms with Crippen LogP contribution in [0.5, 0.6) is 0 Å². The topological polar surface area (TPSA) is 12.0 Å². The van der Waals surface area contributed by atoms with Gasteiger partial charge < -0.3 is 5.32 Å². The van der Waals surface area contributed by atoms with Crippen LogP contribution >= 0.6 is 23.2 Å². The van der Waals surface area contributed by atoms with Crippen molar-refractivity contribution in [3.63, 3.8) is 0 Å². The predicted octanol–water partition coefficient (Wildman–Crippen LogP) is 4.13. The van der Waals surface area contributed by atoms with Crippen molar-refractivity contribution in [2.75, 3.05) is 6.54 Å². The Morgan fingerprint density at radius 2 is 1.80 bits per heavy atom. The summed E-state index contributed by atoms with van der Waals surface area (Å²) in [6.45, 7) is 8.42. The van der Waals surface area contributed by atoms with E-state index in [-0.39, 0.29) is 0 Å². The Morgan fingerprint density at radius 3 is 2.33 bits per heavy atom. The lowest BCUT2D eigenvalue weighted by atomic mass is 9.97. The first-order valence-corrected chi connectivity index (χ1v) is 5.79. The van der Waals surface area contributed by atoms with Gasteiger partial charge in [-0.25, -0.2) is 0 Å². The Balaban J connectivity index is 2.48. The van der Waals surface area contributed by atoms with E-state index in [2.05, 4.69) is 26.1 Å². The van der Waals surface area contributed by atoms with Crippen molar-refractivity contribution in [3.05, 3.63) is 33.8 Å². The van der Waals surface area contributed by atoms with Crippen LogP contribution in [0.4, 0.5) is 0 Å². The van der Waals surface area contributed by atoms with Gasteiger partial charge in [0.05, 0.1) is 10.0 Å². The van der Waals surface area contributed by atoms with Gasteiger partial charge in [0.25, 0.3) is 0 Å². The predicted molar refractivity (Wildman–Crippen MR) is 67.6 cm³/mol. The largest absolute Gasteiger partial charge is 0.312 e. The van der Waals surface area contributed by atoms with Crippen molar-refractivity contribution in [1.29, 1.82) is 0 Å². The minimum Gasteiger partial charge on any atom is -0.312 e. The third kappa shape index (κ3) is 4.87. The number of hydrogen-bond acceptors (Lipinski definition) is 1. The molecule has 3 heteroatoms. The van der Waals surface area contributed by atoms with Gasteiger partial charge in [-0.1, -0.05) is 50.0 Å². The van der Waals surface area contributed by atoms with Gasteiger partial charge in [-0.05, 0) is 23.1 Å². The first kappa shape index (κ1) is 12.8. The van der Waals surface area contributed by atoms with Crippen LogP contribution in [0, 0.1) is 5.41 Å². The zero-order valence-corrected chi connectivity index (χ0v) is 10.9. The van der Waals surface area contributed by atoms with Crippen LogP contribution < -0.4 is 5.32 Å². The lowest BCUT2D eigenvalue weighted by molar-refractivity contribution is 0.379. The van der Waals surface area contributed by atoms with E-state index in [1.165, 1.54) is 0 Å². The molecule has 15 heavy (non-hydrogen) atoms. The summed E-state index contributed by atoms with van der Waals surface area (Å²) in [5.74, 6) is 0. The summed E-state index contributed by atoms with van der Waals surface area (Å²) in [7, 11) is 0. The van der Waals surface area contributed by atoms with Gasteiger partial charge in [0.2, 0.25) is 0 Å². The Bertz CT molecular complexity index is 329. The van der Waals surface area contributed by atoms with Gasteiger partial charge in [0, 0.05) is 13.1 Å². The van der Waals surface area contributed by atoms with Crippen LogP contribution in [-0.4, -0.2) is 6.54 Å². The minimum atomic E-state index is 0.302. The van der Waals surface area contributed by atoms with E-state index in [1.807, 2.05) is 18.2 Å². The molecule has 0 aliphatic carbocycles. The number of hydrogen-bond donors (Lipinski definition) is 1. The Hall–Kier alpha value is -0.240. The lowest BCUT2D eigenvalue weighted by Gasteiger charge is -2.18. The van der Waals surface area contributed by atoms with Crippen molar-refractivity contribution >= 4 is 23.2 Å². The molecule has 0 bridgehead atoms. The normalized spacial score (nSPS) is 11.8. The highest BCUT2D eigenvalue weighted by atomic mass is 35.5. The lowest BCUT2D eigenvalue weighted by Crippen LogP contribution is -2.26. The van der Waals surface area contributed by atoms with Crippen molar-refractivity contribution in [1.82, 2.24) is 5.32 Å². The molecule has 0 fully saturated rings. The van der Waals surface area contributed by atoms with Crippen molar-refractivity contribution in [3.8, 4) is 0 Å². The summed E-state index contributed by atoms with van der Waals surface area (Å²) in [5, 5.41) is 4.61. The minimum absolute atomic E-state index is 0.302. The summed E-state index contributed by atoms with van der Waals surface area (Å²) in [5.41, 5.74) is 1.46. The molecule has 0 saturated carbocycles. The molecule has 0 saturated heterocycles. The van der Waals surface area contributed by atoms with Crippen molar-refractivity contribution < 1.29 is 0 Å². The molecule has 1 rings (SSSR count). The van der Waals surface area contributed by atoms with E-state index in [1.54, 1.807) is 0 Å². The van der Waals surface area contributed by atoms with Gasteiger partial charge >= 0.3 is 0 Å². The number of nitrogens with one attached hydrogen (secondary N) is 1. The standard InChI is InChI=1S/C12H17Cl2N/c1-12(2,3)8-15-7-9-4-5-10(13)11(14)6-9/h4-6,15H,7-8H2,1-3H3. The number of rotatable bonds is 3. The maximum Gasteiger partial charge on any atom is 0.0595 e. The molecule has 0 spiro atoms. The molecule has 1 aromatic rings. The Morgan fingerprint density at radius 1 is 1.13 bits per heavy atom. The molecule has 84 valence electrons. The van der Waals surface area contributed by atoms with E-state index in [0.29, 0.717) is 15.5 Å². The first-order chi connectivity index (χ1) is 6.88. The molecule has 1 nitrogen and oxygen atoms in total. The Labute approximate surface area is 102 Å². The van der Waals surface area contributed by atoms with Gasteiger partial charge in [0.1, 0.15) is 0 Å². The van der Waals surface area contributed by atoms with Gasteiger partial charge in [0.15, 0.2) is 0 Å². The van der Waals surface area contributed by atoms with Gasteiger partial charge in [-0.3, -0.25) is 0 Å². The monoisotopic (exact) mass is 245 g/mol. The quantitative estimate of drug-likeness (QED) is 0.845. The molecule has 0 atom stereocenters. The molecule has 0 amide bonds. The molecule has 0 aromatic heterocycles. The molecular formula is C12H17Cl2N. The highest BCUT2D eigenvalue weighted by Gasteiger charge is 2.08. The molecule has 0 unspecified atom stereocenters. The van der Waals surface area contributed by atoms with E-state index < -0.39 is 0 Å². The second kappa shape index (κ2) is 5.20. The molecule has 0 aliphatic heterocycles. The number of halogens is 2. The average Bonchev–Trinajstić information content (AvgIpc) is 2.09. The van der Waals surface area contributed by atoms with Gasteiger partial charge in [-0.2, -0.15) is 0 Å². The van der Waals surface area contributed by atoms with E-state index in [4.69, 9.17) is 23.2 Å². The van der Waals surface area contributed by atoms with Crippen LogP contribution in [0.3, 0.4) is 0 Å². The SMILES string of the molecule is CC(C)(C)CNCc1ccc(Cl)c(Cl)c1. The Kier molecular flexibility index (Phi) is 4.45. The third-order valence-electron chi connectivity index (χ3n) is 1.97. The molecular weight excluding hydrogens is 229 g/mol. The maximum atomic E-state index is 5.92. The summed E-state index contributed by atoms with van der Waals surface area (Å²) >= 11 is 11.8. The summed E-state index contributed by atoms with van der Waals surface area (Å²) < 4.78 is 0. The van der Waals surface area contributed by atoms with E-state index in [9.17, 15) is 0 Å². The smallest absolute Gasteiger partial charge is 0.0595 e. The maximum absolute atomic E-state index is 5.92.